The van der Waals surface area contributed by atoms with Crippen LogP contribution in [-0.2, 0) is 29.5 Å². The number of halogens is 2. The second kappa shape index (κ2) is 6.75. The molecule has 9 heteroatoms. The molecule has 2 aromatic carbocycles. The maximum Gasteiger partial charge on any atom is 0.313 e. The van der Waals surface area contributed by atoms with Crippen molar-refractivity contribution in [3.05, 3.63) is 82.9 Å². The highest BCUT2D eigenvalue weighted by atomic mass is 32.2. The third kappa shape index (κ3) is 3.67. The van der Waals surface area contributed by atoms with Crippen LogP contribution in [0.5, 0.6) is 0 Å². The molecule has 0 bridgehead atoms. The topological polar surface area (TPSA) is 95.7 Å². The molecule has 0 aliphatic carbocycles. The highest BCUT2D eigenvalue weighted by Crippen LogP contribution is 2.33. The van der Waals surface area contributed by atoms with E-state index in [9.17, 15) is 22.0 Å². The number of nitrogens with two attached hydrogens (primary N) is 1. The minimum absolute atomic E-state index is 0.275. The van der Waals surface area contributed by atoms with Crippen LogP contribution in [0.2, 0.25) is 0 Å². The van der Waals surface area contributed by atoms with Crippen LogP contribution in [0, 0.1) is 11.6 Å². The average Bonchev–Trinajstić information content (AvgIpc) is 2.88. The van der Waals surface area contributed by atoms with Gasteiger partial charge in [-0.1, -0.05) is 36.4 Å². The molecule has 1 aliphatic heterocycles. The van der Waals surface area contributed by atoms with Crippen molar-refractivity contribution in [3.8, 4) is 0 Å². The number of hydrogen-bond donors (Lipinski definition) is 1. The summed E-state index contributed by atoms with van der Waals surface area (Å²) in [4.78, 5) is 12.6. The summed E-state index contributed by atoms with van der Waals surface area (Å²) in [7, 11) is -5.13. The first-order chi connectivity index (χ1) is 13.4. The number of ketones is 1. The summed E-state index contributed by atoms with van der Waals surface area (Å²) in [6.45, 7) is 0. The van der Waals surface area contributed by atoms with Gasteiger partial charge in [0.15, 0.2) is 17.7 Å². The summed E-state index contributed by atoms with van der Waals surface area (Å²) in [6, 6.07) is 8.79. The van der Waals surface area contributed by atoms with Gasteiger partial charge in [-0.15, -0.1) is 0 Å². The van der Waals surface area contributed by atoms with Crippen molar-refractivity contribution >= 4 is 15.9 Å². The van der Waals surface area contributed by atoms with Crippen molar-refractivity contribution in [1.29, 1.82) is 0 Å². The molecule has 1 atom stereocenters. The molecule has 2 aromatic rings. The van der Waals surface area contributed by atoms with Crippen LogP contribution in [0.4, 0.5) is 8.78 Å². The molecule has 0 spiro atoms. The molecule has 6 nitrogen and oxygen atoms in total. The van der Waals surface area contributed by atoms with Gasteiger partial charge >= 0.3 is 10.1 Å². The number of Topliss-reactive ketones (excluding diaryl/α,β-unsaturated/α-hetero) is 1. The lowest BCUT2D eigenvalue weighted by atomic mass is 10.1. The molecule has 0 saturated carbocycles. The molecular formula is C17H13F2NO5S. The van der Waals surface area contributed by atoms with Gasteiger partial charge < -0.3 is 14.7 Å². The molecule has 2 N–H and O–H groups in total. The fourth-order valence-electron chi connectivity index (χ4n) is 2.11. The van der Waals surface area contributed by atoms with E-state index in [0.29, 0.717) is 12.1 Å². The fraction of sp³-hybridized carbons (Fsp3) is 0.118. The molecule has 0 amide bonds. The van der Waals surface area contributed by atoms with Crippen molar-refractivity contribution in [1.82, 2.24) is 0 Å². The summed E-state index contributed by atoms with van der Waals surface area (Å²) >= 11 is 0. The highest BCUT2D eigenvalue weighted by molar-refractivity contribution is 7.86. The fourth-order valence-corrected chi connectivity index (χ4v) is 2.95. The Bertz CT molecular complexity index is 1130. The normalized spacial score (nSPS) is 22.4. The number of carbonyl (C=O) groups is 1. The van der Waals surface area contributed by atoms with Crippen LogP contribution in [0.3, 0.4) is 0 Å². The van der Waals surface area contributed by atoms with E-state index in [1.807, 2.05) is 0 Å². The van der Waals surface area contributed by atoms with E-state index in [4.69, 9.17) is 14.6 Å². The predicted molar refractivity (Wildman–Crippen MR) is 86.6 cm³/mol. The van der Waals surface area contributed by atoms with Gasteiger partial charge in [0.25, 0.3) is 0 Å². The molecule has 26 heavy (non-hydrogen) atoms. The van der Waals surface area contributed by atoms with Crippen molar-refractivity contribution < 1.29 is 35.0 Å². The van der Waals surface area contributed by atoms with E-state index in [1.54, 1.807) is 0 Å². The van der Waals surface area contributed by atoms with E-state index in [-0.39, 0.29) is 5.56 Å². The van der Waals surface area contributed by atoms with Crippen LogP contribution in [0.15, 0.2) is 60.2 Å². The van der Waals surface area contributed by atoms with E-state index in [2.05, 4.69) is 4.18 Å². The Morgan fingerprint density at radius 3 is 2.54 bits per heavy atom. The number of ether oxygens (including phenoxy) is 1. The second-order valence-corrected chi connectivity index (χ2v) is 6.37. The minimum atomic E-state index is -5.13. The molecular weight excluding hydrogens is 368 g/mol. The van der Waals surface area contributed by atoms with E-state index in [1.165, 1.54) is 30.3 Å². The Hall–Kier alpha value is -2.94. The van der Waals surface area contributed by atoms with E-state index >= 15 is 0 Å². The molecule has 136 valence electrons. The summed E-state index contributed by atoms with van der Waals surface area (Å²) in [5.41, 5.74) is 1.66. The Labute approximate surface area is 152 Å². The van der Waals surface area contributed by atoms with Crippen molar-refractivity contribution in [2.45, 2.75) is 11.8 Å². The zero-order valence-electron chi connectivity index (χ0n) is 15.9. The molecule has 3 rings (SSSR count). The number of rotatable bonds is 5. The van der Waals surface area contributed by atoms with E-state index in [0.717, 1.165) is 6.07 Å². The van der Waals surface area contributed by atoms with Gasteiger partial charge in [-0.3, -0.25) is 4.79 Å². The summed E-state index contributed by atoms with van der Waals surface area (Å²) in [5, 5.41) is 0. The van der Waals surface area contributed by atoms with Crippen molar-refractivity contribution in [2.75, 3.05) is 0 Å². The lowest BCUT2D eigenvalue weighted by Crippen LogP contribution is -2.16. The second-order valence-electron chi connectivity index (χ2n) is 5.09. The van der Waals surface area contributed by atoms with Gasteiger partial charge in [0.2, 0.25) is 17.4 Å². The standard InChI is InChI=1S/C17H13F2NO5S/c18-12-7-6-11(8-13(12)19)15-14(21)16(17(20)24-15)25-26(22,23)9-10-4-2-1-3-5-10/h1-8,15H,9,20H2/i9D2,15D. The van der Waals surface area contributed by atoms with Crippen LogP contribution < -0.4 is 5.73 Å². The van der Waals surface area contributed by atoms with Gasteiger partial charge in [0.1, 0.15) is 5.70 Å². The van der Waals surface area contributed by atoms with E-state index < -0.39 is 56.5 Å². The summed E-state index contributed by atoms with van der Waals surface area (Å²) in [6.07, 6.45) is -2.73. The van der Waals surface area contributed by atoms with Crippen LogP contribution in [0.25, 0.3) is 0 Å². The molecule has 0 fully saturated rings. The van der Waals surface area contributed by atoms with Crippen LogP contribution >= 0.6 is 0 Å². The average molecular weight is 384 g/mol. The lowest BCUT2D eigenvalue weighted by Gasteiger charge is -2.10. The lowest BCUT2D eigenvalue weighted by molar-refractivity contribution is -0.123. The maximum absolute atomic E-state index is 13.5. The van der Waals surface area contributed by atoms with Gasteiger partial charge in [0, 0.05) is 5.56 Å². The third-order valence-electron chi connectivity index (χ3n) is 3.24. The first-order valence-electron chi connectivity index (χ1n) is 8.59. The van der Waals surface area contributed by atoms with Crippen molar-refractivity contribution in [2.24, 2.45) is 5.73 Å². The molecule has 1 unspecified atom stereocenters. The third-order valence-corrected chi connectivity index (χ3v) is 4.11. The van der Waals surface area contributed by atoms with Crippen molar-refractivity contribution in [3.63, 3.8) is 0 Å². The summed E-state index contributed by atoms with van der Waals surface area (Å²) < 4.78 is 85.0. The molecule has 0 radical (unpaired) electrons. The van der Waals surface area contributed by atoms with Gasteiger partial charge in [0.05, 0.1) is 4.11 Å². The Balaban J connectivity index is 1.95. The predicted octanol–water partition coefficient (Wildman–Crippen LogP) is 2.28. The Kier molecular flexibility index (Phi) is 3.70. The highest BCUT2D eigenvalue weighted by Gasteiger charge is 2.39. The quantitative estimate of drug-likeness (QED) is 0.795. The summed E-state index contributed by atoms with van der Waals surface area (Å²) in [5.74, 6) is -6.08. The first-order valence-corrected chi connectivity index (χ1v) is 8.49. The Morgan fingerprint density at radius 2 is 1.88 bits per heavy atom. The number of hydrogen-bond acceptors (Lipinski definition) is 6. The Morgan fingerprint density at radius 1 is 1.19 bits per heavy atom. The number of benzene rings is 2. The largest absolute Gasteiger partial charge is 0.460 e. The molecule has 0 aromatic heterocycles. The number of carbonyl (C=O) groups excluding carboxylic acids is 1. The van der Waals surface area contributed by atoms with Gasteiger partial charge in [-0.05, 0) is 17.7 Å². The molecule has 1 heterocycles. The van der Waals surface area contributed by atoms with Gasteiger partial charge in [-0.2, -0.15) is 8.42 Å². The molecule has 0 saturated heterocycles. The minimum Gasteiger partial charge on any atom is -0.460 e. The zero-order valence-corrected chi connectivity index (χ0v) is 13.7. The SMILES string of the molecule is [2H]C1(c2ccc(F)c(F)c2)OC(N)=C(OS(=O)(=O)C([2H])([2H])c2ccccc2)C1=O. The monoisotopic (exact) mass is 384 g/mol. The molecule has 1 aliphatic rings. The maximum atomic E-state index is 13.5. The van der Waals surface area contributed by atoms with Crippen LogP contribution in [0.1, 0.15) is 21.3 Å². The first kappa shape index (κ1) is 14.3. The van der Waals surface area contributed by atoms with Gasteiger partial charge in [-0.25, -0.2) is 8.78 Å². The van der Waals surface area contributed by atoms with Crippen LogP contribution in [-0.4, -0.2) is 14.2 Å². The zero-order chi connectivity index (χ0) is 21.6. The smallest absolute Gasteiger partial charge is 0.313 e.